The first kappa shape index (κ1) is 24.6. The summed E-state index contributed by atoms with van der Waals surface area (Å²) in [5.74, 6) is -0.103. The van der Waals surface area contributed by atoms with E-state index in [0.717, 1.165) is 4.90 Å². The van der Waals surface area contributed by atoms with E-state index in [9.17, 15) is 14.4 Å². The Morgan fingerprint density at radius 3 is 2.19 bits per heavy atom. The van der Waals surface area contributed by atoms with Gasteiger partial charge in [0, 0.05) is 17.3 Å². The molecular formula is C26H22ClN3O6. The molecule has 3 aromatic carbocycles. The number of hydrogen-bond donors (Lipinski definition) is 2. The van der Waals surface area contributed by atoms with Crippen LogP contribution < -0.4 is 29.7 Å². The lowest BCUT2D eigenvalue weighted by Gasteiger charge is -2.15. The van der Waals surface area contributed by atoms with E-state index in [-0.39, 0.29) is 10.7 Å². The lowest BCUT2D eigenvalue weighted by atomic mass is 10.1. The fraction of sp³-hybridized carbons (Fsp3) is 0.115. The molecule has 0 spiro atoms. The van der Waals surface area contributed by atoms with Crippen molar-refractivity contribution in [3.63, 3.8) is 0 Å². The predicted octanol–water partition coefficient (Wildman–Crippen LogP) is 4.40. The van der Waals surface area contributed by atoms with Gasteiger partial charge in [-0.1, -0.05) is 17.7 Å². The van der Waals surface area contributed by atoms with Crippen LogP contribution in [0.1, 0.15) is 10.4 Å². The largest absolute Gasteiger partial charge is 0.497 e. The highest BCUT2D eigenvalue weighted by atomic mass is 35.5. The van der Waals surface area contributed by atoms with Gasteiger partial charge in [0.25, 0.3) is 17.7 Å². The Hall–Kier alpha value is -4.50. The number of nitrogens with one attached hydrogen (secondary N) is 2. The van der Waals surface area contributed by atoms with Crippen LogP contribution in [0.25, 0.3) is 0 Å². The van der Waals surface area contributed by atoms with E-state index in [1.54, 1.807) is 60.7 Å². The van der Waals surface area contributed by atoms with Gasteiger partial charge in [-0.15, -0.1) is 0 Å². The highest BCUT2D eigenvalue weighted by Gasteiger charge is 2.39. The number of imide groups is 1. The normalized spacial score (nSPS) is 13.1. The number of hydrogen-bond acceptors (Lipinski definition) is 7. The van der Waals surface area contributed by atoms with Gasteiger partial charge < -0.3 is 24.8 Å². The number of halogens is 1. The first-order valence-electron chi connectivity index (χ1n) is 10.7. The summed E-state index contributed by atoms with van der Waals surface area (Å²) >= 11 is 6.22. The highest BCUT2D eigenvalue weighted by molar-refractivity contribution is 6.53. The van der Waals surface area contributed by atoms with Crippen LogP contribution in [0.15, 0.2) is 77.5 Å². The van der Waals surface area contributed by atoms with Gasteiger partial charge in [-0.2, -0.15) is 0 Å². The highest BCUT2D eigenvalue weighted by Crippen LogP contribution is 2.32. The molecule has 1 heterocycles. The molecule has 3 aromatic rings. The Morgan fingerprint density at radius 2 is 1.53 bits per heavy atom. The zero-order valence-corrected chi connectivity index (χ0v) is 20.4. The van der Waals surface area contributed by atoms with E-state index in [1.807, 2.05) is 0 Å². The van der Waals surface area contributed by atoms with Crippen molar-refractivity contribution in [1.82, 2.24) is 0 Å². The van der Waals surface area contributed by atoms with Crippen molar-refractivity contribution in [3.05, 3.63) is 83.0 Å². The number of benzene rings is 3. The summed E-state index contributed by atoms with van der Waals surface area (Å²) in [7, 11) is 4.53. The molecule has 1 aliphatic rings. The molecule has 36 heavy (non-hydrogen) atoms. The molecule has 0 atom stereocenters. The molecule has 184 valence electrons. The minimum absolute atomic E-state index is 0.0930. The molecule has 9 nitrogen and oxygen atoms in total. The standard InChI is InChI=1S/C26H22ClN3O6/c1-34-18-9-7-17(8-10-18)30-25(32)22(27)23(26(30)33)28-16-6-4-5-15(13-16)24(31)29-20-14-19(35-2)11-12-21(20)36-3/h4-14,28H,1-3H3,(H,29,31). The molecule has 0 saturated carbocycles. The topological polar surface area (TPSA) is 106 Å². The summed E-state index contributed by atoms with van der Waals surface area (Å²) in [6.07, 6.45) is 0. The third-order valence-electron chi connectivity index (χ3n) is 5.41. The van der Waals surface area contributed by atoms with Gasteiger partial charge in [-0.3, -0.25) is 14.4 Å². The number of amides is 3. The monoisotopic (exact) mass is 507 g/mol. The van der Waals surface area contributed by atoms with Crippen LogP contribution >= 0.6 is 11.6 Å². The summed E-state index contributed by atoms with van der Waals surface area (Å²) < 4.78 is 15.6. The van der Waals surface area contributed by atoms with Crippen molar-refractivity contribution in [3.8, 4) is 17.2 Å². The average Bonchev–Trinajstić information content (AvgIpc) is 3.11. The van der Waals surface area contributed by atoms with Gasteiger partial charge in [0.05, 0.1) is 32.7 Å². The van der Waals surface area contributed by atoms with Crippen molar-refractivity contribution in [2.45, 2.75) is 0 Å². The van der Waals surface area contributed by atoms with Gasteiger partial charge in [0.1, 0.15) is 28.0 Å². The number of carbonyl (C=O) groups excluding carboxylic acids is 3. The maximum atomic E-state index is 13.0. The van der Waals surface area contributed by atoms with Gasteiger partial charge in [-0.25, -0.2) is 4.90 Å². The molecule has 10 heteroatoms. The first-order chi connectivity index (χ1) is 17.4. The lowest BCUT2D eigenvalue weighted by molar-refractivity contribution is -0.120. The quantitative estimate of drug-likeness (QED) is 0.435. The lowest BCUT2D eigenvalue weighted by Crippen LogP contribution is -2.32. The number of nitrogens with zero attached hydrogens (tertiary/aromatic N) is 1. The molecule has 1 aliphatic heterocycles. The van der Waals surface area contributed by atoms with Crippen molar-refractivity contribution in [2.75, 3.05) is 36.9 Å². The second-order valence-electron chi connectivity index (χ2n) is 7.56. The number of rotatable bonds is 8. The summed E-state index contributed by atoms with van der Waals surface area (Å²) in [5, 5.41) is 5.41. The summed E-state index contributed by atoms with van der Waals surface area (Å²) in [4.78, 5) is 39.7. The molecule has 3 amide bonds. The third-order valence-corrected chi connectivity index (χ3v) is 5.76. The Kier molecular flexibility index (Phi) is 7.12. The van der Waals surface area contributed by atoms with Gasteiger partial charge >= 0.3 is 0 Å². The fourth-order valence-corrected chi connectivity index (χ4v) is 3.78. The van der Waals surface area contributed by atoms with Gasteiger partial charge in [-0.05, 0) is 54.6 Å². The van der Waals surface area contributed by atoms with Gasteiger partial charge in [0.2, 0.25) is 0 Å². The Labute approximate surface area is 212 Å². The molecule has 0 radical (unpaired) electrons. The maximum Gasteiger partial charge on any atom is 0.283 e. The second kappa shape index (κ2) is 10.4. The Morgan fingerprint density at radius 1 is 0.833 bits per heavy atom. The van der Waals surface area contributed by atoms with E-state index < -0.39 is 17.7 Å². The number of ether oxygens (including phenoxy) is 3. The first-order valence-corrected chi connectivity index (χ1v) is 11.1. The minimum Gasteiger partial charge on any atom is -0.497 e. The molecular weight excluding hydrogens is 486 g/mol. The van der Waals surface area contributed by atoms with Crippen LogP contribution in [0, 0.1) is 0 Å². The van der Waals surface area contributed by atoms with Crippen LogP contribution in [-0.2, 0) is 9.59 Å². The summed E-state index contributed by atoms with van der Waals surface area (Å²) in [6, 6.07) is 17.9. The molecule has 4 rings (SSSR count). The molecule has 0 saturated heterocycles. The summed E-state index contributed by atoms with van der Waals surface area (Å²) in [6.45, 7) is 0. The van der Waals surface area contributed by atoms with E-state index in [4.69, 9.17) is 25.8 Å². The SMILES string of the molecule is COc1ccc(N2C(=O)C(Cl)=C(Nc3cccc(C(=O)Nc4cc(OC)ccc4OC)c3)C2=O)cc1. The molecule has 0 bridgehead atoms. The average molecular weight is 508 g/mol. The van der Waals surface area contributed by atoms with Crippen LogP contribution in [0.4, 0.5) is 17.1 Å². The predicted molar refractivity (Wildman–Crippen MR) is 136 cm³/mol. The Balaban J connectivity index is 1.54. The van der Waals surface area contributed by atoms with Crippen molar-refractivity contribution < 1.29 is 28.6 Å². The fourth-order valence-electron chi connectivity index (χ4n) is 3.57. The van der Waals surface area contributed by atoms with E-state index in [2.05, 4.69) is 10.6 Å². The zero-order chi connectivity index (χ0) is 25.8. The number of carbonyl (C=O) groups is 3. The van der Waals surface area contributed by atoms with E-state index in [1.165, 1.54) is 27.4 Å². The summed E-state index contributed by atoms with van der Waals surface area (Å²) in [5.41, 5.74) is 1.37. The molecule has 2 N–H and O–H groups in total. The number of anilines is 3. The van der Waals surface area contributed by atoms with Crippen LogP contribution in [0.3, 0.4) is 0 Å². The minimum atomic E-state index is -0.659. The Bertz CT molecular complexity index is 1370. The van der Waals surface area contributed by atoms with E-state index in [0.29, 0.717) is 39.9 Å². The molecule has 0 aliphatic carbocycles. The zero-order valence-electron chi connectivity index (χ0n) is 19.6. The molecule has 0 unspecified atom stereocenters. The maximum absolute atomic E-state index is 13.0. The van der Waals surface area contributed by atoms with Crippen LogP contribution in [-0.4, -0.2) is 39.1 Å². The third kappa shape index (κ3) is 4.82. The van der Waals surface area contributed by atoms with Gasteiger partial charge in [0.15, 0.2) is 0 Å². The van der Waals surface area contributed by atoms with E-state index >= 15 is 0 Å². The number of methoxy groups -OCH3 is 3. The van der Waals surface area contributed by atoms with Crippen molar-refractivity contribution in [1.29, 1.82) is 0 Å². The van der Waals surface area contributed by atoms with Crippen LogP contribution in [0.5, 0.6) is 17.2 Å². The second-order valence-corrected chi connectivity index (χ2v) is 7.94. The van der Waals surface area contributed by atoms with Crippen LogP contribution in [0.2, 0.25) is 0 Å². The molecule has 0 fully saturated rings. The molecule has 0 aromatic heterocycles. The van der Waals surface area contributed by atoms with Crippen molar-refractivity contribution in [2.24, 2.45) is 0 Å². The van der Waals surface area contributed by atoms with Crippen molar-refractivity contribution >= 4 is 46.4 Å². The smallest absolute Gasteiger partial charge is 0.283 e.